The molecule has 4 fully saturated rings. The van der Waals surface area contributed by atoms with E-state index in [1.807, 2.05) is 0 Å². The van der Waals surface area contributed by atoms with Crippen LogP contribution < -0.4 is 0 Å². The highest BCUT2D eigenvalue weighted by atomic mass is 35.5. The molecule has 0 radical (unpaired) electrons. The first-order valence-electron chi connectivity index (χ1n) is 6.34. The maximum Gasteiger partial charge on any atom is 0.218 e. The van der Waals surface area contributed by atoms with Crippen molar-refractivity contribution in [2.24, 2.45) is 29.6 Å². The van der Waals surface area contributed by atoms with Gasteiger partial charge in [0.05, 0.1) is 16.2 Å². The molecule has 6 atom stereocenters. The Balaban J connectivity index is 1.74. The molecule has 0 N–H and O–H groups in total. The second-order valence-electron chi connectivity index (χ2n) is 6.14. The van der Waals surface area contributed by atoms with E-state index in [0.717, 1.165) is 18.3 Å². The first kappa shape index (κ1) is 11.9. The molecule has 4 aliphatic carbocycles. The highest BCUT2D eigenvalue weighted by molar-refractivity contribution is 6.61. The number of fused-ring (bicyclic) bond motifs is 3. The number of halogens is 4. The van der Waals surface area contributed by atoms with Crippen molar-refractivity contribution in [3.05, 3.63) is 20.1 Å². The molecule has 1 spiro atoms. The summed E-state index contributed by atoms with van der Waals surface area (Å²) in [7, 11) is 0. The molecule has 6 heteroatoms. The number of ether oxygens (including phenoxy) is 1. The van der Waals surface area contributed by atoms with Gasteiger partial charge in [-0.25, -0.2) is 0 Å². The van der Waals surface area contributed by atoms with Gasteiger partial charge in [0.25, 0.3) is 0 Å². The fourth-order valence-electron chi connectivity index (χ4n) is 5.07. The van der Waals surface area contributed by atoms with E-state index in [2.05, 4.69) is 0 Å². The average Bonchev–Trinajstić information content (AvgIpc) is 2.81. The predicted octanol–water partition coefficient (Wildman–Crippen LogP) is 3.60. The molecule has 5 aliphatic rings. The number of hydrogen-bond acceptors (Lipinski definition) is 2. The van der Waals surface area contributed by atoms with Gasteiger partial charge in [-0.15, -0.1) is 0 Å². The maximum absolute atomic E-state index is 11.9. The summed E-state index contributed by atoms with van der Waals surface area (Å²) in [6.45, 7) is 0. The lowest BCUT2D eigenvalue weighted by molar-refractivity contribution is -0.112. The van der Waals surface area contributed by atoms with Crippen LogP contribution in [0.5, 0.6) is 0 Å². The highest BCUT2D eigenvalue weighted by Gasteiger charge is 2.84. The lowest BCUT2D eigenvalue weighted by Gasteiger charge is -2.36. The van der Waals surface area contributed by atoms with Gasteiger partial charge < -0.3 is 4.74 Å². The molecule has 5 rings (SSSR count). The highest BCUT2D eigenvalue weighted by Crippen LogP contribution is 2.82. The Morgan fingerprint density at radius 1 is 1.00 bits per heavy atom. The van der Waals surface area contributed by atoms with Crippen molar-refractivity contribution in [2.75, 3.05) is 0 Å². The van der Waals surface area contributed by atoms with Gasteiger partial charge in [-0.05, 0) is 30.1 Å². The third-order valence-corrected chi connectivity index (χ3v) is 7.62. The van der Waals surface area contributed by atoms with Crippen LogP contribution in [-0.4, -0.2) is 17.5 Å². The Hall–Kier alpha value is 0.270. The van der Waals surface area contributed by atoms with Crippen LogP contribution in [0.4, 0.5) is 0 Å². The molecule has 0 aromatic carbocycles. The lowest BCUT2D eigenvalue weighted by atomic mass is 9.68. The summed E-state index contributed by atoms with van der Waals surface area (Å²) >= 11 is 24.8. The SMILES string of the molecule is O=C1C(Cl)=C(Cl)C2(O[C@H]3[C@@H]4[C@H]5[C@H](C[C@@H]42)[C@@H]35)C(Cl)=C1Cl. The maximum atomic E-state index is 11.9. The van der Waals surface area contributed by atoms with Crippen LogP contribution in [0.15, 0.2) is 20.1 Å². The van der Waals surface area contributed by atoms with E-state index in [-0.39, 0.29) is 32.2 Å². The number of Topliss-reactive ketones (excluding diaryl/α,β-unsaturated/α-hetero) is 1. The number of ketones is 1. The molecule has 1 heterocycles. The summed E-state index contributed by atoms with van der Waals surface area (Å²) in [5, 5.41) is 0.368. The number of rotatable bonds is 0. The lowest BCUT2D eigenvalue weighted by Crippen LogP contribution is -2.41. The van der Waals surface area contributed by atoms with E-state index in [1.54, 1.807) is 0 Å². The van der Waals surface area contributed by atoms with Gasteiger partial charge in [-0.1, -0.05) is 46.4 Å². The predicted molar refractivity (Wildman–Crippen MR) is 72.1 cm³/mol. The zero-order valence-electron chi connectivity index (χ0n) is 9.50. The van der Waals surface area contributed by atoms with Gasteiger partial charge >= 0.3 is 0 Å². The fourth-order valence-corrected chi connectivity index (χ4v) is 6.36. The summed E-state index contributed by atoms with van der Waals surface area (Å²) in [6.07, 6.45) is 1.27. The Labute approximate surface area is 129 Å². The largest absolute Gasteiger partial charge is 0.359 e. The van der Waals surface area contributed by atoms with E-state index in [9.17, 15) is 4.79 Å². The Kier molecular flexibility index (Phi) is 2.00. The van der Waals surface area contributed by atoms with Crippen molar-refractivity contribution < 1.29 is 9.53 Å². The minimum Gasteiger partial charge on any atom is -0.359 e. The van der Waals surface area contributed by atoms with E-state index in [1.165, 1.54) is 0 Å². The van der Waals surface area contributed by atoms with E-state index in [4.69, 9.17) is 51.1 Å². The van der Waals surface area contributed by atoms with Crippen LogP contribution in [0.25, 0.3) is 0 Å². The van der Waals surface area contributed by atoms with Crippen molar-refractivity contribution in [3.8, 4) is 0 Å². The normalized spacial score (nSPS) is 51.9. The van der Waals surface area contributed by atoms with Crippen molar-refractivity contribution in [3.63, 3.8) is 0 Å². The fraction of sp³-hybridized carbons (Fsp3) is 0.615. The van der Waals surface area contributed by atoms with Gasteiger partial charge in [-0.2, -0.15) is 0 Å². The summed E-state index contributed by atoms with van der Waals surface area (Å²) < 4.78 is 6.21. The molecule has 3 saturated carbocycles. The van der Waals surface area contributed by atoms with E-state index in [0.29, 0.717) is 11.8 Å². The van der Waals surface area contributed by atoms with Gasteiger partial charge in [-0.3, -0.25) is 4.79 Å². The van der Waals surface area contributed by atoms with Crippen LogP contribution in [-0.2, 0) is 9.53 Å². The quantitative estimate of drug-likeness (QED) is 0.675. The minimum atomic E-state index is -0.946. The molecule has 0 unspecified atom stereocenters. The van der Waals surface area contributed by atoms with Crippen molar-refractivity contribution >= 4 is 52.2 Å². The van der Waals surface area contributed by atoms with Crippen LogP contribution in [0.3, 0.4) is 0 Å². The molecule has 2 nitrogen and oxygen atoms in total. The second-order valence-corrected chi connectivity index (χ2v) is 7.65. The number of hydrogen-bond donors (Lipinski definition) is 0. The Bertz CT molecular complexity index is 583. The molecular weight excluding hydrogens is 330 g/mol. The smallest absolute Gasteiger partial charge is 0.218 e. The molecule has 1 aliphatic heterocycles. The monoisotopic (exact) mass is 336 g/mol. The zero-order valence-corrected chi connectivity index (χ0v) is 12.5. The summed E-state index contributed by atoms with van der Waals surface area (Å²) in [5.74, 6) is 2.42. The van der Waals surface area contributed by atoms with Crippen LogP contribution in [0.1, 0.15) is 6.42 Å². The second kappa shape index (κ2) is 3.20. The first-order chi connectivity index (χ1) is 9.00. The molecule has 0 amide bonds. The van der Waals surface area contributed by atoms with Gasteiger partial charge in [0.1, 0.15) is 15.7 Å². The summed E-state index contributed by atoms with van der Waals surface area (Å²) in [6, 6.07) is 0. The van der Waals surface area contributed by atoms with Crippen LogP contribution in [0, 0.1) is 29.6 Å². The van der Waals surface area contributed by atoms with Gasteiger partial charge in [0, 0.05) is 5.92 Å². The molecule has 1 saturated heterocycles. The molecule has 0 bridgehead atoms. The molecule has 0 aromatic rings. The van der Waals surface area contributed by atoms with Crippen molar-refractivity contribution in [1.82, 2.24) is 0 Å². The standard InChI is InChI=1S/C13H8Cl4O2/c14-7-9(18)8(15)12(17)13(11(7)16)3-1-2-4-5(2)10(19-13)6(3)4/h2-6,10H,1H2/t2-,3-,4-,5+,6-,10+/m0/s1. The van der Waals surface area contributed by atoms with E-state index < -0.39 is 11.4 Å². The molecular formula is C13H8Cl4O2. The van der Waals surface area contributed by atoms with Crippen molar-refractivity contribution in [2.45, 2.75) is 18.1 Å². The van der Waals surface area contributed by atoms with Gasteiger partial charge in [0.15, 0.2) is 0 Å². The molecule has 0 aromatic heterocycles. The van der Waals surface area contributed by atoms with Crippen LogP contribution >= 0.6 is 46.4 Å². The zero-order chi connectivity index (χ0) is 13.3. The van der Waals surface area contributed by atoms with Gasteiger partial charge in [0.2, 0.25) is 5.78 Å². The summed E-state index contributed by atoms with van der Waals surface area (Å²) in [5.41, 5.74) is -0.946. The molecule has 19 heavy (non-hydrogen) atoms. The van der Waals surface area contributed by atoms with Crippen molar-refractivity contribution in [1.29, 1.82) is 0 Å². The number of carbonyl (C=O) groups is 1. The first-order valence-corrected chi connectivity index (χ1v) is 7.85. The number of carbonyl (C=O) groups excluding carboxylic acids is 1. The Morgan fingerprint density at radius 3 is 2.16 bits per heavy atom. The minimum absolute atomic E-state index is 0.0455. The number of allylic oxidation sites excluding steroid dienone is 2. The average molecular weight is 338 g/mol. The van der Waals surface area contributed by atoms with E-state index >= 15 is 0 Å². The summed E-state index contributed by atoms with van der Waals surface area (Å²) in [4.78, 5) is 11.9. The third-order valence-electron chi connectivity index (χ3n) is 5.77. The van der Waals surface area contributed by atoms with Crippen LogP contribution in [0.2, 0.25) is 0 Å². The third kappa shape index (κ3) is 1.01. The Morgan fingerprint density at radius 2 is 1.63 bits per heavy atom. The topological polar surface area (TPSA) is 26.3 Å². The molecule has 100 valence electrons.